The first-order chi connectivity index (χ1) is 5.29. The van der Waals surface area contributed by atoms with Gasteiger partial charge in [0.15, 0.2) is 12.0 Å². The third-order valence-electron chi connectivity index (χ3n) is 1.32. The average molecular weight is 152 g/mol. The van der Waals surface area contributed by atoms with Gasteiger partial charge in [-0.15, -0.1) is 0 Å². The smallest absolute Gasteiger partial charge is 0.180 e. The molecule has 0 atom stereocenters. The van der Waals surface area contributed by atoms with E-state index in [9.17, 15) is 4.79 Å². The summed E-state index contributed by atoms with van der Waals surface area (Å²) in [5.41, 5.74) is 6.16. The van der Waals surface area contributed by atoms with Crippen LogP contribution in [-0.4, -0.2) is 6.29 Å². The second kappa shape index (κ2) is 3.03. The molecule has 0 heterocycles. The van der Waals surface area contributed by atoms with E-state index >= 15 is 0 Å². The summed E-state index contributed by atoms with van der Waals surface area (Å²) >= 11 is 0. The van der Waals surface area contributed by atoms with Crippen molar-refractivity contribution in [2.45, 2.75) is 0 Å². The third kappa shape index (κ3) is 1.30. The Hall–Kier alpha value is -1.55. The predicted octanol–water partition coefficient (Wildman–Crippen LogP) is 0.334. The number of para-hydroxylation sites is 1. The van der Waals surface area contributed by atoms with Crippen molar-refractivity contribution in [2.24, 2.45) is 5.90 Å². The van der Waals surface area contributed by atoms with Gasteiger partial charge in [0.05, 0.1) is 11.3 Å². The van der Waals surface area contributed by atoms with Crippen molar-refractivity contribution in [3.63, 3.8) is 0 Å². The number of hydrogen-bond acceptors (Lipinski definition) is 4. The lowest BCUT2D eigenvalue weighted by molar-refractivity contribution is 0.111. The standard InChI is InChI=1S/C7H8N2O2/c8-6-3-1-2-5(4-10)7(6)11-9/h1-4H,8-9H2. The number of benzene rings is 1. The van der Waals surface area contributed by atoms with Crippen LogP contribution in [0, 0.1) is 0 Å². The fourth-order valence-corrected chi connectivity index (χ4v) is 0.802. The predicted molar refractivity (Wildman–Crippen MR) is 41.1 cm³/mol. The van der Waals surface area contributed by atoms with Crippen molar-refractivity contribution in [3.05, 3.63) is 23.8 Å². The summed E-state index contributed by atoms with van der Waals surface area (Å²) in [4.78, 5) is 14.8. The number of nitrogens with two attached hydrogens (primary N) is 2. The summed E-state index contributed by atoms with van der Waals surface area (Å²) in [6.45, 7) is 0. The molecule has 4 heteroatoms. The molecule has 1 aromatic rings. The Balaban J connectivity index is 3.23. The average Bonchev–Trinajstić information content (AvgIpc) is 2.04. The van der Waals surface area contributed by atoms with Crippen LogP contribution in [0.4, 0.5) is 5.69 Å². The lowest BCUT2D eigenvalue weighted by Gasteiger charge is -2.03. The Morgan fingerprint density at radius 2 is 2.18 bits per heavy atom. The molecule has 0 spiro atoms. The van der Waals surface area contributed by atoms with Crippen LogP contribution in [0.1, 0.15) is 10.4 Å². The van der Waals surface area contributed by atoms with E-state index in [1.807, 2.05) is 0 Å². The van der Waals surface area contributed by atoms with E-state index in [1.165, 1.54) is 0 Å². The fraction of sp³-hybridized carbons (Fsp3) is 0. The summed E-state index contributed by atoms with van der Waals surface area (Å²) < 4.78 is 0. The van der Waals surface area contributed by atoms with Crippen LogP contribution in [0.2, 0.25) is 0 Å². The van der Waals surface area contributed by atoms with Crippen LogP contribution in [0.3, 0.4) is 0 Å². The van der Waals surface area contributed by atoms with E-state index in [-0.39, 0.29) is 5.75 Å². The molecule has 0 aromatic heterocycles. The molecule has 4 N–H and O–H groups in total. The number of carbonyl (C=O) groups excluding carboxylic acids is 1. The topological polar surface area (TPSA) is 78.3 Å². The molecule has 0 bridgehead atoms. The minimum absolute atomic E-state index is 0.225. The largest absolute Gasteiger partial charge is 0.409 e. The number of aldehydes is 1. The van der Waals surface area contributed by atoms with Crippen LogP contribution in [0.15, 0.2) is 18.2 Å². The van der Waals surface area contributed by atoms with Gasteiger partial charge in [-0.3, -0.25) is 4.79 Å². The number of carbonyl (C=O) groups is 1. The van der Waals surface area contributed by atoms with Crippen LogP contribution in [0.25, 0.3) is 0 Å². The zero-order chi connectivity index (χ0) is 8.27. The van der Waals surface area contributed by atoms with E-state index in [2.05, 4.69) is 4.84 Å². The third-order valence-corrected chi connectivity index (χ3v) is 1.32. The van der Waals surface area contributed by atoms with E-state index in [0.717, 1.165) is 0 Å². The van der Waals surface area contributed by atoms with Gasteiger partial charge in [-0.05, 0) is 12.1 Å². The van der Waals surface area contributed by atoms with Gasteiger partial charge < -0.3 is 10.6 Å². The van der Waals surface area contributed by atoms with E-state index < -0.39 is 0 Å². The minimum atomic E-state index is 0.225. The highest BCUT2D eigenvalue weighted by atomic mass is 16.6. The monoisotopic (exact) mass is 152 g/mol. The van der Waals surface area contributed by atoms with Crippen LogP contribution in [0.5, 0.6) is 5.75 Å². The molecule has 1 aromatic carbocycles. The fourth-order valence-electron chi connectivity index (χ4n) is 0.802. The molecule has 0 saturated carbocycles. The summed E-state index contributed by atoms with van der Waals surface area (Å²) in [6, 6.07) is 4.84. The SMILES string of the molecule is NOc1c(N)cccc1C=O. The molecule has 0 saturated heterocycles. The number of nitrogen functional groups attached to an aromatic ring is 1. The number of rotatable bonds is 2. The summed E-state index contributed by atoms with van der Waals surface area (Å²) in [7, 11) is 0. The second-order valence-electron chi connectivity index (χ2n) is 2.00. The molecule has 1 rings (SSSR count). The molecular formula is C7H8N2O2. The minimum Gasteiger partial charge on any atom is -0.409 e. The van der Waals surface area contributed by atoms with Gasteiger partial charge in [0, 0.05) is 0 Å². The van der Waals surface area contributed by atoms with Crippen molar-refractivity contribution < 1.29 is 9.63 Å². The Morgan fingerprint density at radius 3 is 2.64 bits per heavy atom. The van der Waals surface area contributed by atoms with Gasteiger partial charge in [0.2, 0.25) is 0 Å². The second-order valence-corrected chi connectivity index (χ2v) is 2.00. The molecule has 0 aliphatic heterocycles. The first-order valence-corrected chi connectivity index (χ1v) is 3.00. The number of hydrogen-bond donors (Lipinski definition) is 2. The molecule has 11 heavy (non-hydrogen) atoms. The van der Waals surface area contributed by atoms with E-state index in [1.54, 1.807) is 18.2 Å². The van der Waals surface area contributed by atoms with Gasteiger partial charge in [0.1, 0.15) is 0 Å². The quantitative estimate of drug-likeness (QED) is 0.363. The Labute approximate surface area is 63.7 Å². The van der Waals surface area contributed by atoms with Gasteiger partial charge >= 0.3 is 0 Å². The van der Waals surface area contributed by atoms with Crippen LogP contribution < -0.4 is 16.5 Å². The normalized spacial score (nSPS) is 9.18. The van der Waals surface area contributed by atoms with E-state index in [0.29, 0.717) is 17.5 Å². The summed E-state index contributed by atoms with van der Waals surface area (Å²) in [5, 5.41) is 0. The molecule has 0 amide bonds. The number of anilines is 1. The highest BCUT2D eigenvalue weighted by Crippen LogP contribution is 2.23. The van der Waals surface area contributed by atoms with Gasteiger partial charge in [-0.25, -0.2) is 0 Å². The molecule has 4 nitrogen and oxygen atoms in total. The first-order valence-electron chi connectivity index (χ1n) is 3.00. The lowest BCUT2D eigenvalue weighted by Crippen LogP contribution is -2.06. The van der Waals surface area contributed by atoms with Crippen molar-refractivity contribution >= 4 is 12.0 Å². The lowest BCUT2D eigenvalue weighted by atomic mass is 10.2. The Kier molecular flexibility index (Phi) is 2.08. The molecular weight excluding hydrogens is 144 g/mol. The maximum atomic E-state index is 10.3. The first kappa shape index (κ1) is 7.56. The molecule has 0 aliphatic rings. The highest BCUT2D eigenvalue weighted by molar-refractivity contribution is 5.83. The van der Waals surface area contributed by atoms with Gasteiger partial charge in [-0.2, -0.15) is 5.90 Å². The molecule has 0 fully saturated rings. The highest BCUT2D eigenvalue weighted by Gasteiger charge is 2.04. The summed E-state index contributed by atoms with van der Waals surface area (Å²) in [6.07, 6.45) is 0.637. The van der Waals surface area contributed by atoms with Gasteiger partial charge in [-0.1, -0.05) is 6.07 Å². The zero-order valence-corrected chi connectivity index (χ0v) is 5.78. The molecule has 58 valence electrons. The zero-order valence-electron chi connectivity index (χ0n) is 5.78. The summed E-state index contributed by atoms with van der Waals surface area (Å²) in [5.74, 6) is 5.11. The Morgan fingerprint density at radius 1 is 1.45 bits per heavy atom. The molecule has 0 unspecified atom stereocenters. The maximum absolute atomic E-state index is 10.3. The van der Waals surface area contributed by atoms with Crippen molar-refractivity contribution in [1.29, 1.82) is 0 Å². The van der Waals surface area contributed by atoms with Crippen molar-refractivity contribution in [2.75, 3.05) is 5.73 Å². The van der Waals surface area contributed by atoms with Gasteiger partial charge in [0.25, 0.3) is 0 Å². The Bertz CT molecular complexity index is 273. The van der Waals surface area contributed by atoms with Crippen LogP contribution in [-0.2, 0) is 0 Å². The van der Waals surface area contributed by atoms with Crippen molar-refractivity contribution in [1.82, 2.24) is 0 Å². The molecule has 0 aliphatic carbocycles. The van der Waals surface area contributed by atoms with Crippen molar-refractivity contribution in [3.8, 4) is 5.75 Å². The molecule has 0 radical (unpaired) electrons. The van der Waals surface area contributed by atoms with Crippen LogP contribution >= 0.6 is 0 Å². The maximum Gasteiger partial charge on any atom is 0.180 e. The van der Waals surface area contributed by atoms with E-state index in [4.69, 9.17) is 11.6 Å².